The molecule has 2 N–H and O–H groups in total. The molecule has 0 radical (unpaired) electrons. The van der Waals surface area contributed by atoms with Crippen molar-refractivity contribution in [2.24, 2.45) is 5.73 Å². The van der Waals surface area contributed by atoms with Crippen LogP contribution >= 0.6 is 0 Å². The van der Waals surface area contributed by atoms with Gasteiger partial charge < -0.3 is 5.73 Å². The second-order valence-electron chi connectivity index (χ2n) is 3.91. The molecule has 1 rings (SSSR count). The van der Waals surface area contributed by atoms with Crippen molar-refractivity contribution in [1.29, 1.82) is 0 Å². The summed E-state index contributed by atoms with van der Waals surface area (Å²) in [4.78, 5) is -0.233. The lowest BCUT2D eigenvalue weighted by Crippen LogP contribution is -2.29. The van der Waals surface area contributed by atoms with Gasteiger partial charge in [-0.15, -0.1) is 0 Å². The Balaban J connectivity index is 2.93. The molecule has 6 heteroatoms. The van der Waals surface area contributed by atoms with Crippen LogP contribution < -0.4 is 5.73 Å². The van der Waals surface area contributed by atoms with E-state index < -0.39 is 27.5 Å². The summed E-state index contributed by atoms with van der Waals surface area (Å²) in [6.45, 7) is 1.89. The molecule has 17 heavy (non-hydrogen) atoms. The van der Waals surface area contributed by atoms with E-state index in [-0.39, 0.29) is 10.6 Å². The summed E-state index contributed by atoms with van der Waals surface area (Å²) in [5.74, 6) is -2.50. The number of benzene rings is 1. The van der Waals surface area contributed by atoms with Crippen molar-refractivity contribution in [3.8, 4) is 0 Å². The summed E-state index contributed by atoms with van der Waals surface area (Å²) in [6, 6.07) is 2.04. The molecular weight excluding hydrogens is 248 g/mol. The second-order valence-corrected chi connectivity index (χ2v) is 5.94. The first-order valence-electron chi connectivity index (χ1n) is 5.30. The van der Waals surface area contributed by atoms with Gasteiger partial charge in [-0.1, -0.05) is 13.3 Å². The fourth-order valence-electron chi connectivity index (χ4n) is 1.50. The van der Waals surface area contributed by atoms with Gasteiger partial charge in [0.15, 0.2) is 21.5 Å². The first-order chi connectivity index (χ1) is 7.86. The lowest BCUT2D eigenvalue weighted by molar-refractivity contribution is 0.504. The maximum absolute atomic E-state index is 12.9. The van der Waals surface area contributed by atoms with Crippen LogP contribution in [0.5, 0.6) is 0 Å². The van der Waals surface area contributed by atoms with Crippen molar-refractivity contribution >= 4 is 9.84 Å². The molecular formula is C11H15F2NO2S. The van der Waals surface area contributed by atoms with Gasteiger partial charge in [0, 0.05) is 6.04 Å². The number of nitrogens with two attached hydrogens (primary N) is 1. The molecule has 0 aliphatic carbocycles. The van der Waals surface area contributed by atoms with Gasteiger partial charge >= 0.3 is 0 Å². The summed E-state index contributed by atoms with van der Waals surface area (Å²) >= 11 is 0. The Bertz CT molecular complexity index is 488. The Morgan fingerprint density at radius 1 is 1.29 bits per heavy atom. The highest BCUT2D eigenvalue weighted by molar-refractivity contribution is 7.91. The molecule has 0 bridgehead atoms. The van der Waals surface area contributed by atoms with E-state index in [1.165, 1.54) is 0 Å². The van der Waals surface area contributed by atoms with Crippen molar-refractivity contribution in [1.82, 2.24) is 0 Å². The van der Waals surface area contributed by atoms with Crippen molar-refractivity contribution in [3.63, 3.8) is 0 Å². The largest absolute Gasteiger partial charge is 0.327 e. The Hall–Kier alpha value is -1.01. The lowest BCUT2D eigenvalue weighted by atomic mass is 10.2. The third-order valence-corrected chi connectivity index (χ3v) is 4.18. The number of sulfone groups is 1. The minimum absolute atomic E-state index is 0.233. The van der Waals surface area contributed by atoms with Gasteiger partial charge in [0.1, 0.15) is 0 Å². The van der Waals surface area contributed by atoms with Crippen LogP contribution in [0.25, 0.3) is 0 Å². The van der Waals surface area contributed by atoms with Gasteiger partial charge in [-0.05, 0) is 24.6 Å². The topological polar surface area (TPSA) is 60.2 Å². The molecule has 96 valence electrons. The van der Waals surface area contributed by atoms with Crippen LogP contribution in [-0.4, -0.2) is 20.2 Å². The van der Waals surface area contributed by atoms with Gasteiger partial charge in [-0.25, -0.2) is 17.2 Å². The zero-order chi connectivity index (χ0) is 13.1. The summed E-state index contributed by atoms with van der Waals surface area (Å²) in [5.41, 5.74) is 5.63. The highest BCUT2D eigenvalue weighted by atomic mass is 32.2. The molecule has 0 fully saturated rings. The maximum atomic E-state index is 12.9. The van der Waals surface area contributed by atoms with Gasteiger partial charge in [0.2, 0.25) is 0 Å². The number of hydrogen-bond acceptors (Lipinski definition) is 3. The molecule has 0 aliphatic heterocycles. The van der Waals surface area contributed by atoms with E-state index in [1.807, 2.05) is 6.92 Å². The van der Waals surface area contributed by atoms with E-state index in [2.05, 4.69) is 0 Å². The van der Waals surface area contributed by atoms with Crippen molar-refractivity contribution in [3.05, 3.63) is 29.8 Å². The Morgan fingerprint density at radius 3 is 2.47 bits per heavy atom. The molecule has 0 saturated carbocycles. The van der Waals surface area contributed by atoms with Crippen LogP contribution in [-0.2, 0) is 9.84 Å². The highest BCUT2D eigenvalue weighted by Gasteiger charge is 2.19. The van der Waals surface area contributed by atoms with Crippen LogP contribution in [0.4, 0.5) is 8.78 Å². The monoisotopic (exact) mass is 263 g/mol. The smallest absolute Gasteiger partial charge is 0.180 e. The fourth-order valence-corrected chi connectivity index (χ4v) is 2.98. The van der Waals surface area contributed by atoms with Crippen LogP contribution in [0.3, 0.4) is 0 Å². The van der Waals surface area contributed by atoms with Crippen LogP contribution in [0.15, 0.2) is 23.1 Å². The number of halogens is 2. The quantitative estimate of drug-likeness (QED) is 0.825. The van der Waals surface area contributed by atoms with Gasteiger partial charge in [-0.3, -0.25) is 0 Å². The lowest BCUT2D eigenvalue weighted by Gasteiger charge is -2.11. The molecule has 0 aliphatic rings. The molecule has 1 aromatic rings. The van der Waals surface area contributed by atoms with Gasteiger partial charge in [-0.2, -0.15) is 0 Å². The van der Waals surface area contributed by atoms with E-state index in [0.717, 1.165) is 18.6 Å². The zero-order valence-electron chi connectivity index (χ0n) is 9.49. The molecule has 0 aromatic heterocycles. The zero-order valence-corrected chi connectivity index (χ0v) is 10.3. The average molecular weight is 263 g/mol. The summed E-state index contributed by atoms with van der Waals surface area (Å²) in [5, 5.41) is 0. The molecule has 3 nitrogen and oxygen atoms in total. The highest BCUT2D eigenvalue weighted by Crippen LogP contribution is 2.16. The Kier molecular flexibility index (Phi) is 4.59. The maximum Gasteiger partial charge on any atom is 0.180 e. The van der Waals surface area contributed by atoms with E-state index in [9.17, 15) is 17.2 Å². The van der Waals surface area contributed by atoms with Crippen molar-refractivity contribution < 1.29 is 17.2 Å². The standard InChI is InChI=1S/C11H15F2NO2S/c1-2-3-8(14)7-17(15,16)9-4-5-10(12)11(13)6-9/h4-6,8H,2-3,7,14H2,1H3. The van der Waals surface area contributed by atoms with Crippen molar-refractivity contribution in [2.75, 3.05) is 5.75 Å². The molecule has 1 aromatic carbocycles. The summed E-state index contributed by atoms with van der Waals surface area (Å²) < 4.78 is 49.2. The van der Waals surface area contributed by atoms with Crippen LogP contribution in [0.2, 0.25) is 0 Å². The van der Waals surface area contributed by atoms with Crippen molar-refractivity contribution in [2.45, 2.75) is 30.7 Å². The van der Waals surface area contributed by atoms with Crippen LogP contribution in [0, 0.1) is 11.6 Å². The Labute approximate surface area is 99.6 Å². The first kappa shape index (κ1) is 14.1. The Morgan fingerprint density at radius 2 is 1.94 bits per heavy atom. The number of hydrogen-bond donors (Lipinski definition) is 1. The van der Waals surface area contributed by atoms with Crippen LogP contribution in [0.1, 0.15) is 19.8 Å². The van der Waals surface area contributed by atoms with Gasteiger partial charge in [0.05, 0.1) is 10.6 Å². The first-order valence-corrected chi connectivity index (χ1v) is 6.95. The fraction of sp³-hybridized carbons (Fsp3) is 0.455. The van der Waals surface area contributed by atoms with E-state index in [0.29, 0.717) is 12.5 Å². The molecule has 1 unspecified atom stereocenters. The van der Waals surface area contributed by atoms with Gasteiger partial charge in [0.25, 0.3) is 0 Å². The second kappa shape index (κ2) is 5.55. The normalized spacial score (nSPS) is 13.6. The number of rotatable bonds is 5. The third-order valence-electron chi connectivity index (χ3n) is 2.34. The summed E-state index contributed by atoms with van der Waals surface area (Å²) in [6.07, 6.45) is 1.34. The molecule has 0 amide bonds. The van der Waals surface area contributed by atoms with E-state index in [4.69, 9.17) is 5.73 Å². The van der Waals surface area contributed by atoms with E-state index in [1.54, 1.807) is 0 Å². The molecule has 0 heterocycles. The minimum Gasteiger partial charge on any atom is -0.327 e. The summed E-state index contributed by atoms with van der Waals surface area (Å²) in [7, 11) is -3.65. The predicted octanol–water partition coefficient (Wildman–Crippen LogP) is 1.87. The minimum atomic E-state index is -3.65. The average Bonchev–Trinajstić information content (AvgIpc) is 2.21. The molecule has 0 saturated heterocycles. The molecule has 1 atom stereocenters. The third kappa shape index (κ3) is 3.74. The SMILES string of the molecule is CCCC(N)CS(=O)(=O)c1ccc(F)c(F)c1. The van der Waals surface area contributed by atoms with E-state index >= 15 is 0 Å². The molecule has 0 spiro atoms. The predicted molar refractivity (Wildman–Crippen MR) is 61.3 cm³/mol.